The third-order valence-electron chi connectivity index (χ3n) is 4.22. The Morgan fingerprint density at radius 1 is 1.23 bits per heavy atom. The molecular formula is C17H25N2O3+. The van der Waals surface area contributed by atoms with Crippen molar-refractivity contribution in [2.45, 2.75) is 25.4 Å². The molecule has 0 aromatic heterocycles. The van der Waals surface area contributed by atoms with Crippen LogP contribution in [0.5, 0.6) is 11.5 Å². The molecule has 1 fully saturated rings. The monoisotopic (exact) mass is 305 g/mol. The summed E-state index contributed by atoms with van der Waals surface area (Å²) in [6.07, 6.45) is 3.82. The first-order chi connectivity index (χ1) is 10.8. The number of hydrogen-bond donors (Lipinski definition) is 2. The highest BCUT2D eigenvalue weighted by Crippen LogP contribution is 2.31. The van der Waals surface area contributed by atoms with E-state index in [0.717, 1.165) is 18.0 Å². The van der Waals surface area contributed by atoms with Gasteiger partial charge >= 0.3 is 0 Å². The summed E-state index contributed by atoms with van der Waals surface area (Å²) in [5.41, 5.74) is 3.61. The number of para-hydroxylation sites is 2. The predicted molar refractivity (Wildman–Crippen MR) is 84.0 cm³/mol. The summed E-state index contributed by atoms with van der Waals surface area (Å²) in [5, 5.41) is 0. The number of benzene rings is 1. The van der Waals surface area contributed by atoms with E-state index in [-0.39, 0.29) is 6.10 Å². The molecule has 0 amide bonds. The van der Waals surface area contributed by atoms with Crippen LogP contribution >= 0.6 is 0 Å². The molecule has 1 atom stereocenters. The first-order valence-electron chi connectivity index (χ1n) is 8.11. The Morgan fingerprint density at radius 3 is 2.82 bits per heavy atom. The van der Waals surface area contributed by atoms with Crippen molar-refractivity contribution in [1.29, 1.82) is 0 Å². The molecule has 2 N–H and O–H groups in total. The largest absolute Gasteiger partial charge is 0.485 e. The average molecular weight is 305 g/mol. The van der Waals surface area contributed by atoms with Crippen molar-refractivity contribution in [3.05, 3.63) is 36.5 Å². The molecule has 0 saturated carbocycles. The number of piperidine rings is 1. The Hall–Kier alpha value is -1.72. The molecule has 0 radical (unpaired) electrons. The second kappa shape index (κ2) is 7.51. The van der Waals surface area contributed by atoms with Gasteiger partial charge in [-0.2, -0.15) is 0 Å². The number of hydrogen-bond acceptors (Lipinski definition) is 4. The van der Waals surface area contributed by atoms with Crippen LogP contribution in [0, 0.1) is 0 Å². The lowest BCUT2D eigenvalue weighted by Gasteiger charge is -2.28. The molecule has 0 unspecified atom stereocenters. The van der Waals surface area contributed by atoms with E-state index in [4.69, 9.17) is 14.3 Å². The number of quaternary nitrogens is 1. The average Bonchev–Trinajstić information content (AvgIpc) is 2.59. The summed E-state index contributed by atoms with van der Waals surface area (Å²) in [6.45, 7) is 8.68. The Labute approximate surface area is 131 Å². The smallest absolute Gasteiger partial charge is 0.174 e. The SMILES string of the molecule is C=C(NOCC[NH+]1CCCCC1)[C@H]1COc2ccccc2O1. The standard InChI is InChI=1S/C17H24N2O3/c1-14(18-21-12-11-19-9-5-2-6-10-19)17-13-20-15-7-3-4-8-16(15)22-17/h3-4,7-8,17-18H,1-2,5-6,9-13H2/p+1/t17-/m1/s1. The number of ether oxygens (including phenoxy) is 2. The van der Waals surface area contributed by atoms with E-state index in [9.17, 15) is 0 Å². The van der Waals surface area contributed by atoms with Crippen molar-refractivity contribution in [2.75, 3.05) is 32.8 Å². The molecule has 0 spiro atoms. The molecular weight excluding hydrogens is 280 g/mol. The van der Waals surface area contributed by atoms with Gasteiger partial charge in [0.05, 0.1) is 18.8 Å². The summed E-state index contributed by atoms with van der Waals surface area (Å²) in [4.78, 5) is 7.16. The van der Waals surface area contributed by atoms with Gasteiger partial charge in [0.25, 0.3) is 0 Å². The molecule has 22 heavy (non-hydrogen) atoms. The molecule has 2 aliphatic rings. The summed E-state index contributed by atoms with van der Waals surface area (Å²) in [6, 6.07) is 7.66. The Bertz CT molecular complexity index is 500. The van der Waals surface area contributed by atoms with Crippen LogP contribution in [0.15, 0.2) is 36.5 Å². The quantitative estimate of drug-likeness (QED) is 0.606. The molecule has 5 nitrogen and oxygen atoms in total. The summed E-state index contributed by atoms with van der Waals surface area (Å²) < 4.78 is 11.5. The van der Waals surface area contributed by atoms with Gasteiger partial charge in [0.2, 0.25) is 0 Å². The van der Waals surface area contributed by atoms with Crippen molar-refractivity contribution in [2.24, 2.45) is 0 Å². The summed E-state index contributed by atoms with van der Waals surface area (Å²) >= 11 is 0. The van der Waals surface area contributed by atoms with Crippen molar-refractivity contribution in [1.82, 2.24) is 5.48 Å². The van der Waals surface area contributed by atoms with E-state index >= 15 is 0 Å². The van der Waals surface area contributed by atoms with Gasteiger partial charge in [-0.3, -0.25) is 10.3 Å². The van der Waals surface area contributed by atoms with Crippen LogP contribution < -0.4 is 19.9 Å². The van der Waals surface area contributed by atoms with Crippen LogP contribution in [-0.4, -0.2) is 39.0 Å². The molecule has 0 bridgehead atoms. The molecule has 1 aromatic rings. The minimum atomic E-state index is -0.225. The normalized spacial score (nSPS) is 21.4. The van der Waals surface area contributed by atoms with Crippen molar-refractivity contribution in [3.8, 4) is 11.5 Å². The molecule has 3 rings (SSSR count). The first kappa shape index (κ1) is 15.2. The van der Waals surface area contributed by atoms with Crippen LogP contribution in [0.25, 0.3) is 0 Å². The molecule has 0 aliphatic carbocycles. The Morgan fingerprint density at radius 2 is 2.00 bits per heavy atom. The molecule has 120 valence electrons. The van der Waals surface area contributed by atoms with Gasteiger partial charge in [0.1, 0.15) is 19.8 Å². The zero-order chi connectivity index (χ0) is 15.2. The lowest BCUT2D eigenvalue weighted by Crippen LogP contribution is -3.13. The zero-order valence-electron chi connectivity index (χ0n) is 13.0. The van der Waals surface area contributed by atoms with Crippen LogP contribution in [0.2, 0.25) is 0 Å². The molecule has 2 aliphatic heterocycles. The van der Waals surface area contributed by atoms with E-state index in [1.165, 1.54) is 32.4 Å². The number of nitrogens with one attached hydrogen (secondary N) is 2. The van der Waals surface area contributed by atoms with Gasteiger partial charge in [0, 0.05) is 0 Å². The van der Waals surface area contributed by atoms with Crippen LogP contribution in [0.3, 0.4) is 0 Å². The van der Waals surface area contributed by atoms with Crippen molar-refractivity contribution < 1.29 is 19.2 Å². The Balaban J connectivity index is 1.37. The number of fused-ring (bicyclic) bond motifs is 1. The highest BCUT2D eigenvalue weighted by Gasteiger charge is 2.23. The fourth-order valence-electron chi connectivity index (χ4n) is 2.90. The van der Waals surface area contributed by atoms with Gasteiger partial charge < -0.3 is 14.4 Å². The maximum absolute atomic E-state index is 5.87. The van der Waals surface area contributed by atoms with Crippen molar-refractivity contribution in [3.63, 3.8) is 0 Å². The highest BCUT2D eigenvalue weighted by molar-refractivity contribution is 5.41. The van der Waals surface area contributed by atoms with Gasteiger partial charge in [-0.15, -0.1) is 0 Å². The molecule has 2 heterocycles. The predicted octanol–water partition coefficient (Wildman–Crippen LogP) is 0.930. The van der Waals surface area contributed by atoms with E-state index in [1.54, 1.807) is 4.90 Å². The fraction of sp³-hybridized carbons (Fsp3) is 0.529. The van der Waals surface area contributed by atoms with Gasteiger partial charge in [-0.1, -0.05) is 18.7 Å². The summed E-state index contributed by atoms with van der Waals surface area (Å²) in [7, 11) is 0. The van der Waals surface area contributed by atoms with E-state index in [2.05, 4.69) is 12.1 Å². The molecule has 5 heteroatoms. The second-order valence-electron chi connectivity index (χ2n) is 5.90. The van der Waals surface area contributed by atoms with Gasteiger partial charge in [-0.25, -0.2) is 0 Å². The third-order valence-corrected chi connectivity index (χ3v) is 4.22. The fourth-order valence-corrected chi connectivity index (χ4v) is 2.90. The minimum Gasteiger partial charge on any atom is -0.485 e. The first-order valence-corrected chi connectivity index (χ1v) is 8.11. The molecule has 1 aromatic carbocycles. The molecule has 1 saturated heterocycles. The number of hydroxylamine groups is 1. The maximum Gasteiger partial charge on any atom is 0.174 e. The lowest BCUT2D eigenvalue weighted by atomic mass is 10.1. The lowest BCUT2D eigenvalue weighted by molar-refractivity contribution is -0.905. The van der Waals surface area contributed by atoms with Crippen LogP contribution in [-0.2, 0) is 4.84 Å². The highest BCUT2D eigenvalue weighted by atomic mass is 16.6. The van der Waals surface area contributed by atoms with Crippen LogP contribution in [0.4, 0.5) is 0 Å². The number of rotatable bonds is 6. The number of likely N-dealkylation sites (tertiary alicyclic amines) is 1. The third kappa shape index (κ3) is 3.93. The van der Waals surface area contributed by atoms with Gasteiger partial charge in [0.15, 0.2) is 17.6 Å². The van der Waals surface area contributed by atoms with E-state index < -0.39 is 0 Å². The Kier molecular flexibility index (Phi) is 5.19. The zero-order valence-corrected chi connectivity index (χ0v) is 13.0. The van der Waals surface area contributed by atoms with E-state index in [0.29, 0.717) is 18.9 Å². The van der Waals surface area contributed by atoms with Gasteiger partial charge in [-0.05, 0) is 31.4 Å². The minimum absolute atomic E-state index is 0.225. The van der Waals surface area contributed by atoms with E-state index in [1.807, 2.05) is 24.3 Å². The van der Waals surface area contributed by atoms with Crippen molar-refractivity contribution >= 4 is 0 Å². The maximum atomic E-state index is 5.87. The van der Waals surface area contributed by atoms with Crippen LogP contribution in [0.1, 0.15) is 19.3 Å². The summed E-state index contributed by atoms with van der Waals surface area (Å²) in [5.74, 6) is 1.53. The topological polar surface area (TPSA) is 44.2 Å². The second-order valence-corrected chi connectivity index (χ2v) is 5.90.